The molecule has 1 N–H and O–H groups in total. The summed E-state index contributed by atoms with van der Waals surface area (Å²) in [7, 11) is 1.76. The van der Waals surface area contributed by atoms with E-state index in [2.05, 4.69) is 41.2 Å². The first-order chi connectivity index (χ1) is 8.48. The van der Waals surface area contributed by atoms with Gasteiger partial charge in [-0.2, -0.15) is 5.26 Å². The van der Waals surface area contributed by atoms with Gasteiger partial charge in [-0.1, -0.05) is 13.8 Å². The fraction of sp³-hybridized carbons (Fsp3) is 0.500. The van der Waals surface area contributed by atoms with Crippen molar-refractivity contribution < 1.29 is 4.74 Å². The van der Waals surface area contributed by atoms with E-state index in [4.69, 9.17) is 10.00 Å². The summed E-state index contributed by atoms with van der Waals surface area (Å²) in [5, 5.41) is 12.4. The molecule has 1 saturated carbocycles. The van der Waals surface area contributed by atoms with E-state index in [1.807, 2.05) is 18.2 Å². The zero-order valence-corrected chi connectivity index (χ0v) is 12.4. The topological polar surface area (TPSA) is 45.0 Å². The molecule has 0 heterocycles. The number of methoxy groups -OCH3 is 1. The maximum absolute atomic E-state index is 8.88. The molecule has 18 heavy (non-hydrogen) atoms. The van der Waals surface area contributed by atoms with Crippen molar-refractivity contribution in [1.29, 1.82) is 5.26 Å². The van der Waals surface area contributed by atoms with Crippen molar-refractivity contribution in [2.45, 2.75) is 32.4 Å². The third-order valence-electron chi connectivity index (χ3n) is 3.89. The van der Waals surface area contributed by atoms with Crippen molar-refractivity contribution in [1.82, 2.24) is 0 Å². The summed E-state index contributed by atoms with van der Waals surface area (Å²) >= 11 is 3.40. The first-order valence-electron chi connectivity index (χ1n) is 5.98. The minimum Gasteiger partial charge on any atom is -0.382 e. The summed E-state index contributed by atoms with van der Waals surface area (Å²) < 4.78 is 6.27. The predicted octanol–water partition coefficient (Wildman–Crippen LogP) is 3.55. The second-order valence-electron chi connectivity index (χ2n) is 5.28. The van der Waals surface area contributed by atoms with E-state index in [0.717, 1.165) is 16.6 Å². The number of benzene rings is 1. The van der Waals surface area contributed by atoms with Crippen LogP contribution in [0, 0.1) is 16.7 Å². The average molecular weight is 309 g/mol. The molecule has 1 aliphatic carbocycles. The monoisotopic (exact) mass is 308 g/mol. The highest BCUT2D eigenvalue weighted by Crippen LogP contribution is 2.44. The first-order valence-corrected chi connectivity index (χ1v) is 6.77. The fourth-order valence-electron chi connectivity index (χ4n) is 2.43. The van der Waals surface area contributed by atoms with Gasteiger partial charge in [0.1, 0.15) is 6.07 Å². The van der Waals surface area contributed by atoms with Gasteiger partial charge in [0.25, 0.3) is 0 Å². The highest BCUT2D eigenvalue weighted by Gasteiger charge is 2.48. The molecule has 1 aliphatic rings. The minimum atomic E-state index is 0.134. The fourth-order valence-corrected chi connectivity index (χ4v) is 2.89. The van der Waals surface area contributed by atoms with Crippen molar-refractivity contribution in [3.63, 3.8) is 0 Å². The summed E-state index contributed by atoms with van der Waals surface area (Å²) in [6, 6.07) is 8.27. The van der Waals surface area contributed by atoms with Crippen LogP contribution >= 0.6 is 15.9 Å². The Hall–Kier alpha value is -1.05. The molecule has 2 unspecified atom stereocenters. The lowest BCUT2D eigenvalue weighted by Gasteiger charge is -2.51. The summed E-state index contributed by atoms with van der Waals surface area (Å²) in [4.78, 5) is 0. The maximum Gasteiger partial charge on any atom is 0.100 e. The van der Waals surface area contributed by atoms with Gasteiger partial charge in [-0.15, -0.1) is 0 Å². The molecule has 0 radical (unpaired) electrons. The third-order valence-corrected chi connectivity index (χ3v) is 4.55. The van der Waals surface area contributed by atoms with Gasteiger partial charge >= 0.3 is 0 Å². The number of nitrogens with zero attached hydrogens (tertiary/aromatic N) is 1. The quantitative estimate of drug-likeness (QED) is 0.929. The second kappa shape index (κ2) is 4.91. The maximum atomic E-state index is 8.88. The van der Waals surface area contributed by atoms with Gasteiger partial charge in [0.05, 0.1) is 11.7 Å². The summed E-state index contributed by atoms with van der Waals surface area (Å²) in [5.41, 5.74) is 1.83. The number of nitrogens with one attached hydrogen (secondary N) is 1. The standard InChI is InChI=1S/C14H17BrN2O/c1-14(2)12(7-13(14)18-3)17-10-5-4-9(8-16)11(15)6-10/h4-6,12-13,17H,7H2,1-3H3. The largest absolute Gasteiger partial charge is 0.382 e. The Balaban J connectivity index is 2.08. The van der Waals surface area contributed by atoms with Gasteiger partial charge in [-0.3, -0.25) is 0 Å². The summed E-state index contributed by atoms with van der Waals surface area (Å²) in [6.45, 7) is 4.42. The highest BCUT2D eigenvalue weighted by molar-refractivity contribution is 9.10. The van der Waals surface area contributed by atoms with Gasteiger partial charge in [0.2, 0.25) is 0 Å². The van der Waals surface area contributed by atoms with Gasteiger partial charge in [-0.05, 0) is 40.5 Å². The molecule has 1 fully saturated rings. The lowest BCUT2D eigenvalue weighted by Crippen LogP contribution is -2.57. The van der Waals surface area contributed by atoms with E-state index in [0.29, 0.717) is 17.7 Å². The molecular weight excluding hydrogens is 292 g/mol. The van der Waals surface area contributed by atoms with Crippen LogP contribution in [0.2, 0.25) is 0 Å². The molecule has 2 atom stereocenters. The number of hydrogen-bond acceptors (Lipinski definition) is 3. The summed E-state index contributed by atoms with van der Waals surface area (Å²) in [5.74, 6) is 0. The molecule has 0 amide bonds. The van der Waals surface area contributed by atoms with Crippen LogP contribution in [0.5, 0.6) is 0 Å². The molecule has 1 aromatic carbocycles. The van der Waals surface area contributed by atoms with Gasteiger partial charge in [0, 0.05) is 28.7 Å². The lowest BCUT2D eigenvalue weighted by molar-refractivity contribution is -0.0794. The SMILES string of the molecule is COC1CC(Nc2ccc(C#N)c(Br)c2)C1(C)C. The molecule has 0 saturated heterocycles. The van der Waals surface area contributed by atoms with Gasteiger partial charge < -0.3 is 10.1 Å². The Morgan fingerprint density at radius 1 is 1.50 bits per heavy atom. The summed E-state index contributed by atoms with van der Waals surface area (Å²) in [6.07, 6.45) is 1.33. The van der Waals surface area contributed by atoms with E-state index in [9.17, 15) is 0 Å². The van der Waals surface area contributed by atoms with E-state index in [1.165, 1.54) is 0 Å². The zero-order chi connectivity index (χ0) is 13.3. The molecule has 0 bridgehead atoms. The number of nitriles is 1. The number of anilines is 1. The molecule has 96 valence electrons. The van der Waals surface area contributed by atoms with Crippen molar-refractivity contribution in [3.05, 3.63) is 28.2 Å². The molecule has 4 heteroatoms. The molecule has 2 rings (SSSR count). The lowest BCUT2D eigenvalue weighted by atomic mass is 9.64. The van der Waals surface area contributed by atoms with Crippen LogP contribution in [0.4, 0.5) is 5.69 Å². The normalized spacial score (nSPS) is 25.1. The minimum absolute atomic E-state index is 0.134. The predicted molar refractivity (Wildman–Crippen MR) is 75.5 cm³/mol. The average Bonchev–Trinajstić information content (AvgIpc) is 2.34. The van der Waals surface area contributed by atoms with Crippen LogP contribution in [-0.2, 0) is 4.74 Å². The van der Waals surface area contributed by atoms with Gasteiger partial charge in [-0.25, -0.2) is 0 Å². The van der Waals surface area contributed by atoms with Crippen LogP contribution in [0.3, 0.4) is 0 Å². The highest BCUT2D eigenvalue weighted by atomic mass is 79.9. The van der Waals surface area contributed by atoms with Crippen LogP contribution in [0.25, 0.3) is 0 Å². The third kappa shape index (κ3) is 2.25. The van der Waals surface area contributed by atoms with Gasteiger partial charge in [0.15, 0.2) is 0 Å². The first kappa shape index (κ1) is 13.4. The molecular formula is C14H17BrN2O. The van der Waals surface area contributed by atoms with Crippen molar-refractivity contribution in [2.75, 3.05) is 12.4 Å². The van der Waals surface area contributed by atoms with E-state index in [-0.39, 0.29) is 5.41 Å². The molecule has 0 spiro atoms. The van der Waals surface area contributed by atoms with Crippen LogP contribution < -0.4 is 5.32 Å². The Labute approximate surface area is 116 Å². The van der Waals surface area contributed by atoms with Crippen molar-refractivity contribution in [3.8, 4) is 6.07 Å². The van der Waals surface area contributed by atoms with E-state index >= 15 is 0 Å². The second-order valence-corrected chi connectivity index (χ2v) is 6.14. The van der Waals surface area contributed by atoms with Crippen LogP contribution in [0.1, 0.15) is 25.8 Å². The molecule has 0 aromatic heterocycles. The Morgan fingerprint density at radius 3 is 2.72 bits per heavy atom. The van der Waals surface area contributed by atoms with Crippen molar-refractivity contribution >= 4 is 21.6 Å². The zero-order valence-electron chi connectivity index (χ0n) is 10.8. The Morgan fingerprint density at radius 2 is 2.22 bits per heavy atom. The smallest absolute Gasteiger partial charge is 0.100 e. The Bertz CT molecular complexity index is 493. The molecule has 1 aromatic rings. The Kier molecular flexibility index (Phi) is 3.65. The number of ether oxygens (including phenoxy) is 1. The number of halogens is 1. The van der Waals surface area contributed by atoms with Crippen LogP contribution in [-0.4, -0.2) is 19.3 Å². The van der Waals surface area contributed by atoms with Crippen molar-refractivity contribution in [2.24, 2.45) is 5.41 Å². The number of rotatable bonds is 3. The van der Waals surface area contributed by atoms with E-state index in [1.54, 1.807) is 7.11 Å². The molecule has 0 aliphatic heterocycles. The van der Waals surface area contributed by atoms with E-state index < -0.39 is 0 Å². The number of hydrogen-bond donors (Lipinski definition) is 1. The molecule has 3 nitrogen and oxygen atoms in total. The van der Waals surface area contributed by atoms with Crippen LogP contribution in [0.15, 0.2) is 22.7 Å².